The molecule has 0 fully saturated rings. The van der Waals surface area contributed by atoms with Gasteiger partial charge in [-0.3, -0.25) is 4.79 Å². The molecule has 1 aromatic rings. The molecule has 1 rings (SSSR count). The highest BCUT2D eigenvalue weighted by Gasteiger charge is 2.54. The van der Waals surface area contributed by atoms with E-state index in [0.29, 0.717) is 0 Å². The van der Waals surface area contributed by atoms with Gasteiger partial charge in [0.05, 0.1) is 6.61 Å². The van der Waals surface area contributed by atoms with Crippen LogP contribution in [0, 0.1) is 0 Å². The maximum atomic E-state index is 11.2. The first-order valence-electron chi connectivity index (χ1n) is 5.96. The third kappa shape index (κ3) is 2.67. The molecule has 7 heteroatoms. The van der Waals surface area contributed by atoms with E-state index in [1.807, 2.05) is 0 Å². The Morgan fingerprint density at radius 1 is 1.25 bits per heavy atom. The molecule has 0 radical (unpaired) electrons. The fourth-order valence-electron chi connectivity index (χ4n) is 1.94. The van der Waals surface area contributed by atoms with Crippen LogP contribution in [0.1, 0.15) is 12.5 Å². The second kappa shape index (κ2) is 5.86. The van der Waals surface area contributed by atoms with E-state index >= 15 is 0 Å². The average Bonchev–Trinajstić information content (AvgIpc) is 2.45. The number of nitrogens with two attached hydrogens (primary N) is 1. The molecular weight excluding hydrogens is 266 g/mol. The molecule has 0 heterocycles. The Labute approximate surface area is 115 Å². The third-order valence-electron chi connectivity index (χ3n) is 3.37. The number of benzene rings is 1. The third-order valence-corrected chi connectivity index (χ3v) is 3.37. The average molecular weight is 285 g/mol. The zero-order valence-electron chi connectivity index (χ0n) is 11.0. The van der Waals surface area contributed by atoms with Crippen molar-refractivity contribution in [2.45, 2.75) is 30.3 Å². The summed E-state index contributed by atoms with van der Waals surface area (Å²) in [6.07, 6.45) is -3.97. The lowest BCUT2D eigenvalue weighted by atomic mass is 9.76. The molecule has 0 aromatic heterocycles. The largest absolute Gasteiger partial charge is 0.394 e. The summed E-state index contributed by atoms with van der Waals surface area (Å²) >= 11 is 0. The monoisotopic (exact) mass is 285 g/mol. The molecule has 0 aliphatic carbocycles. The van der Waals surface area contributed by atoms with E-state index in [2.05, 4.69) is 0 Å². The van der Waals surface area contributed by atoms with Crippen LogP contribution in [0.2, 0.25) is 0 Å². The van der Waals surface area contributed by atoms with Crippen molar-refractivity contribution in [1.29, 1.82) is 0 Å². The van der Waals surface area contributed by atoms with Crippen molar-refractivity contribution in [3.05, 3.63) is 35.9 Å². The van der Waals surface area contributed by atoms with Crippen LogP contribution in [0.5, 0.6) is 0 Å². The smallest absolute Gasteiger partial charge is 0.251 e. The minimum atomic E-state index is -2.50. The Bertz CT molecular complexity index is 463. The van der Waals surface area contributed by atoms with E-state index in [1.54, 1.807) is 6.07 Å². The molecule has 1 aromatic carbocycles. The zero-order chi connectivity index (χ0) is 15.6. The number of hydrogen-bond donors (Lipinski definition) is 6. The van der Waals surface area contributed by atoms with E-state index in [1.165, 1.54) is 24.3 Å². The molecule has 4 atom stereocenters. The van der Waals surface area contributed by atoms with Gasteiger partial charge in [0, 0.05) is 0 Å². The van der Waals surface area contributed by atoms with Gasteiger partial charge in [-0.15, -0.1) is 0 Å². The van der Waals surface area contributed by atoms with Gasteiger partial charge in [0.2, 0.25) is 0 Å². The summed E-state index contributed by atoms with van der Waals surface area (Å²) in [5, 5.41) is 49.5. The van der Waals surface area contributed by atoms with Gasteiger partial charge in [-0.1, -0.05) is 30.3 Å². The summed E-state index contributed by atoms with van der Waals surface area (Å²) in [5.41, 5.74) is 0.0440. The molecule has 0 aliphatic heterocycles. The second-order valence-electron chi connectivity index (χ2n) is 4.80. The Hall–Kier alpha value is -1.51. The maximum absolute atomic E-state index is 11.2. The molecule has 0 aliphatic rings. The fraction of sp³-hybridized carbons (Fsp3) is 0.462. The number of hydrogen-bond acceptors (Lipinski definition) is 6. The van der Waals surface area contributed by atoms with Crippen molar-refractivity contribution < 1.29 is 30.3 Å². The number of primary amides is 1. The lowest BCUT2D eigenvalue weighted by molar-refractivity contribution is -0.215. The molecule has 0 saturated carbocycles. The van der Waals surface area contributed by atoms with Crippen LogP contribution in [-0.2, 0) is 10.4 Å². The van der Waals surface area contributed by atoms with Crippen LogP contribution in [0.25, 0.3) is 0 Å². The van der Waals surface area contributed by atoms with Gasteiger partial charge in [0.1, 0.15) is 17.8 Å². The number of aliphatic hydroxyl groups is 5. The summed E-state index contributed by atoms with van der Waals surface area (Å²) in [4.78, 5) is 11.2. The molecule has 7 N–H and O–H groups in total. The molecule has 7 nitrogen and oxygen atoms in total. The SMILES string of the molecule is C[C@@](O)(C(N)=O)[C@@H](O)[C@@](O)(c1ccccc1)[C@H](O)CO. The standard InChI is InChI=1S/C13H19NO6/c1-12(19,11(14)18)10(17)13(20,9(16)7-15)8-5-3-2-4-6-8/h2-6,9-10,15-17,19-20H,7H2,1H3,(H2,14,18)/t9-,10-,12+,13-/m1/s1. The number of carbonyl (C=O) groups is 1. The van der Waals surface area contributed by atoms with Gasteiger partial charge in [0.15, 0.2) is 5.60 Å². The van der Waals surface area contributed by atoms with Crippen LogP contribution >= 0.6 is 0 Å². The van der Waals surface area contributed by atoms with Crippen LogP contribution in [0.4, 0.5) is 0 Å². The van der Waals surface area contributed by atoms with Crippen molar-refractivity contribution >= 4 is 5.91 Å². The molecule has 112 valence electrons. The summed E-state index contributed by atoms with van der Waals surface area (Å²) in [6.45, 7) is 0.0231. The van der Waals surface area contributed by atoms with Crippen molar-refractivity contribution in [3.8, 4) is 0 Å². The van der Waals surface area contributed by atoms with Crippen molar-refractivity contribution in [2.24, 2.45) is 5.73 Å². The Kier molecular flexibility index (Phi) is 4.85. The summed E-state index contributed by atoms with van der Waals surface area (Å²) in [6, 6.07) is 7.43. The summed E-state index contributed by atoms with van der Waals surface area (Å²) in [7, 11) is 0. The number of rotatable bonds is 6. The van der Waals surface area contributed by atoms with Gasteiger partial charge >= 0.3 is 0 Å². The topological polar surface area (TPSA) is 144 Å². The van der Waals surface area contributed by atoms with E-state index in [9.17, 15) is 25.2 Å². The molecule has 0 spiro atoms. The number of aliphatic hydroxyl groups excluding tert-OH is 3. The highest BCUT2D eigenvalue weighted by Crippen LogP contribution is 2.34. The highest BCUT2D eigenvalue weighted by atomic mass is 16.4. The molecule has 20 heavy (non-hydrogen) atoms. The minimum absolute atomic E-state index is 0.0237. The predicted octanol–water partition coefficient (Wildman–Crippen LogP) is -2.18. The van der Waals surface area contributed by atoms with Crippen LogP contribution in [-0.4, -0.2) is 55.9 Å². The zero-order valence-corrected chi connectivity index (χ0v) is 11.0. The normalized spacial score (nSPS) is 20.5. The van der Waals surface area contributed by atoms with Crippen LogP contribution in [0.3, 0.4) is 0 Å². The van der Waals surface area contributed by atoms with Crippen molar-refractivity contribution in [2.75, 3.05) is 6.61 Å². The van der Waals surface area contributed by atoms with E-state index in [0.717, 1.165) is 6.92 Å². The second-order valence-corrected chi connectivity index (χ2v) is 4.80. The number of carbonyl (C=O) groups excluding carboxylic acids is 1. The van der Waals surface area contributed by atoms with E-state index < -0.39 is 35.9 Å². The van der Waals surface area contributed by atoms with Crippen molar-refractivity contribution in [3.63, 3.8) is 0 Å². The predicted molar refractivity (Wildman–Crippen MR) is 69.3 cm³/mol. The van der Waals surface area contributed by atoms with E-state index in [-0.39, 0.29) is 5.56 Å². The first-order valence-corrected chi connectivity index (χ1v) is 5.96. The molecule has 0 saturated heterocycles. The molecule has 1 amide bonds. The fourth-order valence-corrected chi connectivity index (χ4v) is 1.94. The van der Waals surface area contributed by atoms with Crippen LogP contribution in [0.15, 0.2) is 30.3 Å². The maximum Gasteiger partial charge on any atom is 0.251 e. The summed E-state index contributed by atoms with van der Waals surface area (Å²) < 4.78 is 0. The van der Waals surface area contributed by atoms with Crippen molar-refractivity contribution in [1.82, 2.24) is 0 Å². The van der Waals surface area contributed by atoms with Gasteiger partial charge in [-0.25, -0.2) is 0 Å². The lowest BCUT2D eigenvalue weighted by Gasteiger charge is -2.41. The minimum Gasteiger partial charge on any atom is -0.394 e. The first kappa shape index (κ1) is 16.5. The Morgan fingerprint density at radius 2 is 1.75 bits per heavy atom. The Morgan fingerprint density at radius 3 is 2.15 bits per heavy atom. The van der Waals surface area contributed by atoms with Gasteiger partial charge in [0.25, 0.3) is 5.91 Å². The molecule has 0 unspecified atom stereocenters. The molecular formula is C13H19NO6. The number of amides is 1. The quantitative estimate of drug-likeness (QED) is 0.351. The van der Waals surface area contributed by atoms with Gasteiger partial charge in [-0.05, 0) is 12.5 Å². The van der Waals surface area contributed by atoms with Gasteiger partial charge < -0.3 is 31.3 Å². The lowest BCUT2D eigenvalue weighted by Crippen LogP contribution is -2.63. The highest BCUT2D eigenvalue weighted by molar-refractivity contribution is 5.83. The van der Waals surface area contributed by atoms with Gasteiger partial charge in [-0.2, -0.15) is 0 Å². The molecule has 0 bridgehead atoms. The Balaban J connectivity index is 3.37. The first-order chi connectivity index (χ1) is 9.18. The van der Waals surface area contributed by atoms with Crippen LogP contribution < -0.4 is 5.73 Å². The van der Waals surface area contributed by atoms with E-state index in [4.69, 9.17) is 10.8 Å². The summed E-state index contributed by atoms with van der Waals surface area (Å²) in [5.74, 6) is -1.27.